The highest BCUT2D eigenvalue weighted by Crippen LogP contribution is 2.31. The zero-order valence-corrected chi connectivity index (χ0v) is 20.8. The number of anilines is 2. The maximum atomic E-state index is 13.0. The Morgan fingerprint density at radius 3 is 2.81 bits per heavy atom. The first kappa shape index (κ1) is 22.9. The van der Waals surface area contributed by atoms with Gasteiger partial charge in [-0.05, 0) is 60.5 Å². The molecule has 37 heavy (non-hydrogen) atoms. The van der Waals surface area contributed by atoms with Crippen molar-refractivity contribution in [1.82, 2.24) is 19.9 Å². The molecule has 184 valence electrons. The third kappa shape index (κ3) is 4.45. The van der Waals surface area contributed by atoms with Crippen LogP contribution >= 0.6 is 11.3 Å². The highest BCUT2D eigenvalue weighted by atomic mass is 32.1. The lowest BCUT2D eigenvalue weighted by atomic mass is 10.0. The minimum atomic E-state index is -0.458. The second-order valence-electron chi connectivity index (χ2n) is 8.77. The van der Waals surface area contributed by atoms with Crippen LogP contribution in [0.2, 0.25) is 0 Å². The number of amides is 1. The van der Waals surface area contributed by atoms with Gasteiger partial charge in [-0.3, -0.25) is 4.79 Å². The molecule has 1 aliphatic rings. The van der Waals surface area contributed by atoms with Gasteiger partial charge in [0.25, 0.3) is 5.91 Å². The molecule has 1 aliphatic heterocycles. The maximum absolute atomic E-state index is 13.0. The fourth-order valence-corrected chi connectivity index (χ4v) is 5.29. The predicted molar refractivity (Wildman–Crippen MR) is 145 cm³/mol. The summed E-state index contributed by atoms with van der Waals surface area (Å²) in [4.78, 5) is 39.0. The van der Waals surface area contributed by atoms with Crippen molar-refractivity contribution in [3.8, 4) is 0 Å². The Balaban J connectivity index is 1.21. The van der Waals surface area contributed by atoms with Crippen LogP contribution in [0.1, 0.15) is 32.8 Å². The molecule has 0 unspecified atom stereocenters. The van der Waals surface area contributed by atoms with Gasteiger partial charge in [0.05, 0.1) is 34.1 Å². The summed E-state index contributed by atoms with van der Waals surface area (Å²) in [5.41, 5.74) is 8.58. The molecule has 1 amide bonds. The first-order chi connectivity index (χ1) is 18.1. The van der Waals surface area contributed by atoms with E-state index in [1.165, 1.54) is 7.11 Å². The average Bonchev–Trinajstić information content (AvgIpc) is 3.60. The van der Waals surface area contributed by atoms with Crippen molar-refractivity contribution in [3.05, 3.63) is 89.2 Å². The fraction of sp³-hybridized carbons (Fsp3) is 0.143. The summed E-state index contributed by atoms with van der Waals surface area (Å²) < 4.78 is 5.90. The molecule has 0 spiro atoms. The summed E-state index contributed by atoms with van der Waals surface area (Å²) in [5.74, 6) is -0.565. The monoisotopic (exact) mass is 509 g/mol. The topological polar surface area (TPSA) is 100 Å². The van der Waals surface area contributed by atoms with Crippen LogP contribution in [-0.2, 0) is 4.74 Å². The van der Waals surface area contributed by atoms with E-state index in [1.54, 1.807) is 46.7 Å². The van der Waals surface area contributed by atoms with Gasteiger partial charge >= 0.3 is 5.97 Å². The van der Waals surface area contributed by atoms with Gasteiger partial charge in [-0.15, -0.1) is 11.3 Å². The van der Waals surface area contributed by atoms with Crippen LogP contribution in [0.3, 0.4) is 0 Å². The second-order valence-corrected chi connectivity index (χ2v) is 9.65. The number of ether oxygens (including phenoxy) is 1. The molecule has 5 aromatic rings. The number of nitrogens with zero attached hydrogens (tertiary/aromatic N) is 3. The highest BCUT2D eigenvalue weighted by Gasteiger charge is 2.21. The van der Waals surface area contributed by atoms with Crippen molar-refractivity contribution < 1.29 is 14.3 Å². The summed E-state index contributed by atoms with van der Waals surface area (Å²) in [5, 5.41) is 4.52. The van der Waals surface area contributed by atoms with E-state index in [-0.39, 0.29) is 5.91 Å². The molecule has 0 saturated heterocycles. The average molecular weight is 510 g/mol. The first-order valence-electron chi connectivity index (χ1n) is 11.8. The molecule has 4 heterocycles. The summed E-state index contributed by atoms with van der Waals surface area (Å²) in [6.07, 6.45) is 4.56. The number of esters is 1. The molecular formula is C28H23N5O3S. The van der Waals surface area contributed by atoms with E-state index in [0.29, 0.717) is 30.6 Å². The van der Waals surface area contributed by atoms with Gasteiger partial charge in [-0.25, -0.2) is 14.8 Å². The maximum Gasteiger partial charge on any atom is 0.337 e. The Labute approximate surface area is 216 Å². The quantitative estimate of drug-likeness (QED) is 0.298. The number of benzene rings is 2. The number of aromatic nitrogens is 3. The molecule has 0 fully saturated rings. The summed E-state index contributed by atoms with van der Waals surface area (Å²) >= 11 is 1.62. The Morgan fingerprint density at radius 1 is 1.08 bits per heavy atom. The zero-order chi connectivity index (χ0) is 25.4. The molecule has 3 aromatic heterocycles. The molecule has 0 saturated carbocycles. The van der Waals surface area contributed by atoms with E-state index in [4.69, 9.17) is 4.74 Å². The molecule has 0 atom stereocenters. The van der Waals surface area contributed by atoms with Crippen molar-refractivity contribution in [2.75, 3.05) is 25.5 Å². The number of methoxy groups -OCH3 is 1. The molecule has 0 aliphatic carbocycles. The van der Waals surface area contributed by atoms with Gasteiger partial charge in [0.1, 0.15) is 5.65 Å². The van der Waals surface area contributed by atoms with Gasteiger partial charge in [0, 0.05) is 41.6 Å². The number of carbonyl (C=O) groups excluding carboxylic acids is 2. The van der Waals surface area contributed by atoms with Crippen molar-refractivity contribution in [1.29, 1.82) is 0 Å². The van der Waals surface area contributed by atoms with Crippen LogP contribution in [0, 0.1) is 0 Å². The summed E-state index contributed by atoms with van der Waals surface area (Å²) in [7, 11) is 1.33. The minimum absolute atomic E-state index is 0.108. The van der Waals surface area contributed by atoms with Crippen molar-refractivity contribution >= 4 is 61.4 Å². The van der Waals surface area contributed by atoms with Crippen LogP contribution in [-0.4, -0.2) is 51.9 Å². The van der Waals surface area contributed by atoms with E-state index in [0.717, 1.165) is 43.9 Å². The summed E-state index contributed by atoms with van der Waals surface area (Å²) in [6, 6.07) is 16.9. The van der Waals surface area contributed by atoms with Gasteiger partial charge in [0.15, 0.2) is 0 Å². The number of thiazole rings is 1. The largest absolute Gasteiger partial charge is 0.465 e. The normalized spacial score (nSPS) is 13.5. The van der Waals surface area contributed by atoms with Crippen LogP contribution in [0.4, 0.5) is 11.4 Å². The predicted octanol–water partition coefficient (Wildman–Crippen LogP) is 5.63. The molecule has 0 radical (unpaired) electrons. The number of aromatic amines is 1. The highest BCUT2D eigenvalue weighted by molar-refractivity contribution is 7.16. The smallest absolute Gasteiger partial charge is 0.337 e. The Bertz CT molecular complexity index is 1690. The van der Waals surface area contributed by atoms with Gasteiger partial charge in [0.2, 0.25) is 0 Å². The van der Waals surface area contributed by atoms with E-state index in [9.17, 15) is 9.59 Å². The van der Waals surface area contributed by atoms with Crippen LogP contribution < -0.4 is 5.32 Å². The van der Waals surface area contributed by atoms with Crippen molar-refractivity contribution in [2.45, 2.75) is 6.42 Å². The van der Waals surface area contributed by atoms with Crippen molar-refractivity contribution in [3.63, 3.8) is 0 Å². The van der Waals surface area contributed by atoms with E-state index >= 15 is 0 Å². The first-order valence-corrected chi connectivity index (χ1v) is 12.7. The Kier molecular flexibility index (Phi) is 5.90. The number of carbonyl (C=O) groups is 2. The van der Waals surface area contributed by atoms with Crippen LogP contribution in [0.25, 0.3) is 26.8 Å². The van der Waals surface area contributed by atoms with E-state index < -0.39 is 5.97 Å². The number of fused-ring (bicyclic) bond motifs is 2. The SMILES string of the molecule is COC(=O)c1cccc(C(=O)N2CC=C(c3cc4c(Nc5ccc6ncsc6c5)ccnc4[nH]3)CC2)c1. The van der Waals surface area contributed by atoms with Gasteiger partial charge in [-0.1, -0.05) is 12.1 Å². The third-order valence-electron chi connectivity index (χ3n) is 6.52. The standard InChI is InChI=1S/C28H23N5O3S/c1-36-28(35)19-4-2-3-18(13-19)27(34)33-11-8-17(9-12-33)24-15-21-22(7-10-29-26(21)32-24)31-20-5-6-23-25(14-20)37-16-30-23/h2-8,10,13-16H,9,11-12H2,1H3,(H2,29,31,32). The van der Waals surface area contributed by atoms with Crippen LogP contribution in [0.15, 0.2) is 72.4 Å². The Morgan fingerprint density at radius 2 is 1.97 bits per heavy atom. The molecular weight excluding hydrogens is 486 g/mol. The zero-order valence-electron chi connectivity index (χ0n) is 20.0. The molecule has 2 aromatic carbocycles. The lowest BCUT2D eigenvalue weighted by Crippen LogP contribution is -2.34. The van der Waals surface area contributed by atoms with Crippen LogP contribution in [0.5, 0.6) is 0 Å². The third-order valence-corrected chi connectivity index (χ3v) is 7.31. The van der Waals surface area contributed by atoms with Gasteiger partial charge in [-0.2, -0.15) is 0 Å². The van der Waals surface area contributed by atoms with Gasteiger partial charge < -0.3 is 19.9 Å². The fourth-order valence-electron chi connectivity index (χ4n) is 4.58. The second kappa shape index (κ2) is 9.51. The number of hydrogen-bond acceptors (Lipinski definition) is 7. The van der Waals surface area contributed by atoms with Crippen molar-refractivity contribution in [2.24, 2.45) is 0 Å². The number of rotatable bonds is 5. The number of pyridine rings is 1. The lowest BCUT2D eigenvalue weighted by molar-refractivity contribution is 0.0600. The van der Waals surface area contributed by atoms with E-state index in [1.807, 2.05) is 23.7 Å². The minimum Gasteiger partial charge on any atom is -0.465 e. The molecule has 8 nitrogen and oxygen atoms in total. The lowest BCUT2D eigenvalue weighted by Gasteiger charge is -2.26. The molecule has 6 rings (SSSR count). The number of H-pyrrole nitrogens is 1. The molecule has 9 heteroatoms. The Hall–Kier alpha value is -4.50. The molecule has 2 N–H and O–H groups in total. The number of nitrogens with one attached hydrogen (secondary N) is 2. The number of hydrogen-bond donors (Lipinski definition) is 2. The summed E-state index contributed by atoms with van der Waals surface area (Å²) in [6.45, 7) is 1.06. The molecule has 0 bridgehead atoms. The van der Waals surface area contributed by atoms with E-state index in [2.05, 4.69) is 38.5 Å².